The monoisotopic (exact) mass is 426 g/mol. The number of hydrogen-bond donors (Lipinski definition) is 0. The van der Waals surface area contributed by atoms with Gasteiger partial charge < -0.3 is 4.74 Å². The van der Waals surface area contributed by atoms with Crippen LogP contribution in [-0.4, -0.2) is 26.2 Å². The van der Waals surface area contributed by atoms with Crippen LogP contribution in [-0.2, 0) is 5.41 Å². The summed E-state index contributed by atoms with van der Waals surface area (Å²) in [5, 5.41) is 10.8. The number of rotatable bonds is 7. The summed E-state index contributed by atoms with van der Waals surface area (Å²) in [7, 11) is 0. The SMILES string of the molecule is CC(=S)C(=S)C1(c2cccnc2)CCCCC1=CCOc1ccc([N+](=O)[O-])cc1. The van der Waals surface area contributed by atoms with Crippen molar-refractivity contribution in [2.24, 2.45) is 0 Å². The number of benzene rings is 1. The van der Waals surface area contributed by atoms with Crippen molar-refractivity contribution < 1.29 is 9.66 Å². The molecular formula is C22H22N2O3S2. The van der Waals surface area contributed by atoms with Gasteiger partial charge in [0.1, 0.15) is 12.4 Å². The van der Waals surface area contributed by atoms with E-state index in [-0.39, 0.29) is 5.69 Å². The third kappa shape index (κ3) is 4.57. The van der Waals surface area contributed by atoms with Crippen molar-refractivity contribution in [3.05, 3.63) is 76.1 Å². The van der Waals surface area contributed by atoms with Crippen molar-refractivity contribution in [1.82, 2.24) is 4.98 Å². The minimum absolute atomic E-state index is 0.0420. The van der Waals surface area contributed by atoms with Crippen LogP contribution < -0.4 is 4.74 Å². The van der Waals surface area contributed by atoms with E-state index in [0.717, 1.165) is 41.0 Å². The Kier molecular flexibility index (Phi) is 6.82. The molecule has 0 radical (unpaired) electrons. The zero-order valence-corrected chi connectivity index (χ0v) is 17.8. The van der Waals surface area contributed by atoms with Crippen molar-refractivity contribution in [2.75, 3.05) is 6.61 Å². The summed E-state index contributed by atoms with van der Waals surface area (Å²) in [6.07, 6.45) is 9.69. The standard InChI is InChI=1S/C22H22N2O3S2/c1-16(28)21(29)22(18-6-4-13-23-15-18)12-3-2-5-17(22)11-14-27-20-9-7-19(8-10-20)24(25)26/h4,6-11,13,15H,2-3,5,12,14H2,1H3. The van der Waals surface area contributed by atoms with Gasteiger partial charge in [-0.25, -0.2) is 0 Å². The van der Waals surface area contributed by atoms with Crippen LogP contribution in [0.5, 0.6) is 5.75 Å². The Morgan fingerprint density at radius 1 is 1.28 bits per heavy atom. The molecule has 0 bridgehead atoms. The van der Waals surface area contributed by atoms with Crippen molar-refractivity contribution in [2.45, 2.75) is 38.0 Å². The van der Waals surface area contributed by atoms with E-state index in [9.17, 15) is 10.1 Å². The molecule has 1 aliphatic rings. The summed E-state index contributed by atoms with van der Waals surface area (Å²) < 4.78 is 5.82. The van der Waals surface area contributed by atoms with Crippen LogP contribution in [0.3, 0.4) is 0 Å². The van der Waals surface area contributed by atoms with Crippen LogP contribution >= 0.6 is 24.4 Å². The van der Waals surface area contributed by atoms with Crippen LogP contribution in [0.4, 0.5) is 5.69 Å². The first-order valence-corrected chi connectivity index (χ1v) is 10.3. The van der Waals surface area contributed by atoms with Gasteiger partial charge in [-0.2, -0.15) is 0 Å². The number of nitro benzene ring substituents is 1. The molecular weight excluding hydrogens is 404 g/mol. The van der Waals surface area contributed by atoms with E-state index >= 15 is 0 Å². The Hall–Kier alpha value is -2.51. The summed E-state index contributed by atoms with van der Waals surface area (Å²) >= 11 is 11.3. The Bertz CT molecular complexity index is 942. The molecule has 2 aromatic rings. The first kappa shape index (κ1) is 21.2. The fourth-order valence-corrected chi connectivity index (χ4v) is 4.42. The topological polar surface area (TPSA) is 65.3 Å². The molecule has 5 nitrogen and oxygen atoms in total. The van der Waals surface area contributed by atoms with Gasteiger partial charge >= 0.3 is 0 Å². The lowest BCUT2D eigenvalue weighted by atomic mass is 9.64. The second-order valence-corrected chi connectivity index (χ2v) is 8.05. The van der Waals surface area contributed by atoms with Crippen LogP contribution in [0.25, 0.3) is 0 Å². The average Bonchev–Trinajstić information content (AvgIpc) is 2.74. The molecule has 3 rings (SSSR count). The number of nitro groups is 1. The zero-order valence-electron chi connectivity index (χ0n) is 16.2. The molecule has 0 amide bonds. The first-order valence-electron chi connectivity index (χ1n) is 9.48. The van der Waals surface area contributed by atoms with E-state index < -0.39 is 10.3 Å². The normalized spacial score (nSPS) is 20.2. The third-order valence-corrected chi connectivity index (χ3v) is 6.27. The van der Waals surface area contributed by atoms with Crippen LogP contribution in [0.1, 0.15) is 38.2 Å². The quantitative estimate of drug-likeness (QED) is 0.250. The molecule has 0 saturated heterocycles. The summed E-state index contributed by atoms with van der Waals surface area (Å²) in [4.78, 5) is 16.2. The fourth-order valence-electron chi connectivity index (χ4n) is 3.89. The maximum atomic E-state index is 10.8. The second kappa shape index (κ2) is 9.33. The maximum absolute atomic E-state index is 10.8. The van der Waals surface area contributed by atoms with Crippen molar-refractivity contribution >= 4 is 39.9 Å². The number of thiocarbonyl (C=S) groups is 2. The van der Waals surface area contributed by atoms with Gasteiger partial charge in [0, 0.05) is 34.3 Å². The van der Waals surface area contributed by atoms with E-state index in [1.807, 2.05) is 19.2 Å². The molecule has 0 N–H and O–H groups in total. The number of pyridine rings is 1. The fraction of sp³-hybridized carbons (Fsp3) is 0.318. The second-order valence-electron chi connectivity index (χ2n) is 7.03. The van der Waals surface area contributed by atoms with Crippen LogP contribution in [0.15, 0.2) is 60.4 Å². The molecule has 1 saturated carbocycles. The van der Waals surface area contributed by atoms with Gasteiger partial charge in [0.25, 0.3) is 5.69 Å². The smallest absolute Gasteiger partial charge is 0.269 e. The van der Waals surface area contributed by atoms with E-state index in [2.05, 4.69) is 17.1 Å². The number of nitrogens with zero attached hydrogens (tertiary/aromatic N) is 2. The minimum atomic E-state index is -0.426. The molecule has 1 atom stereocenters. The molecule has 1 aliphatic carbocycles. The predicted octanol–water partition coefficient (Wildman–Crippen LogP) is 5.57. The molecule has 29 heavy (non-hydrogen) atoms. The zero-order chi connectivity index (χ0) is 20.9. The lowest BCUT2D eigenvalue weighted by Gasteiger charge is -2.41. The maximum Gasteiger partial charge on any atom is 0.269 e. The molecule has 1 aromatic carbocycles. The number of ether oxygens (including phenoxy) is 1. The number of allylic oxidation sites excluding steroid dienone is 1. The molecule has 1 heterocycles. The van der Waals surface area contributed by atoms with Gasteiger partial charge in [0.15, 0.2) is 0 Å². The molecule has 0 spiro atoms. The average molecular weight is 427 g/mol. The molecule has 1 unspecified atom stereocenters. The number of aromatic nitrogens is 1. The highest BCUT2D eigenvalue weighted by Crippen LogP contribution is 2.45. The Balaban J connectivity index is 1.88. The molecule has 1 fully saturated rings. The van der Waals surface area contributed by atoms with Gasteiger partial charge in [0.05, 0.1) is 10.3 Å². The number of non-ortho nitro benzene ring substituents is 1. The first-order chi connectivity index (χ1) is 13.9. The van der Waals surface area contributed by atoms with Crippen LogP contribution in [0, 0.1) is 10.1 Å². The van der Waals surface area contributed by atoms with Crippen molar-refractivity contribution in [3.63, 3.8) is 0 Å². The third-order valence-electron chi connectivity index (χ3n) is 5.29. The predicted molar refractivity (Wildman–Crippen MR) is 122 cm³/mol. The summed E-state index contributed by atoms with van der Waals surface area (Å²) in [5.41, 5.74) is 1.88. The summed E-state index contributed by atoms with van der Waals surface area (Å²) in [5.74, 6) is 0.587. The molecule has 0 aliphatic heterocycles. The lowest BCUT2D eigenvalue weighted by Crippen LogP contribution is -2.42. The van der Waals surface area contributed by atoms with Crippen LogP contribution in [0.2, 0.25) is 0 Å². The summed E-state index contributed by atoms with van der Waals surface area (Å²) in [6.45, 7) is 2.24. The van der Waals surface area contributed by atoms with E-state index in [0.29, 0.717) is 12.4 Å². The molecule has 7 heteroatoms. The Morgan fingerprint density at radius 2 is 2.03 bits per heavy atom. The number of hydrogen-bond acceptors (Lipinski definition) is 6. The van der Waals surface area contributed by atoms with Gasteiger partial charge in [-0.05, 0) is 56.0 Å². The minimum Gasteiger partial charge on any atom is -0.490 e. The Labute approximate surface area is 181 Å². The van der Waals surface area contributed by atoms with E-state index in [1.165, 1.54) is 17.7 Å². The van der Waals surface area contributed by atoms with E-state index in [1.54, 1.807) is 18.3 Å². The molecule has 150 valence electrons. The van der Waals surface area contributed by atoms with Gasteiger partial charge in [-0.3, -0.25) is 15.1 Å². The van der Waals surface area contributed by atoms with Gasteiger partial charge in [-0.15, -0.1) is 0 Å². The van der Waals surface area contributed by atoms with Crippen molar-refractivity contribution in [3.8, 4) is 5.75 Å². The highest BCUT2D eigenvalue weighted by Gasteiger charge is 2.42. The molecule has 1 aromatic heterocycles. The lowest BCUT2D eigenvalue weighted by molar-refractivity contribution is -0.384. The largest absolute Gasteiger partial charge is 0.490 e. The highest BCUT2D eigenvalue weighted by atomic mass is 32.1. The summed E-state index contributed by atoms with van der Waals surface area (Å²) in [6, 6.07) is 10.1. The Morgan fingerprint density at radius 3 is 2.66 bits per heavy atom. The highest BCUT2D eigenvalue weighted by molar-refractivity contribution is 7.89. The van der Waals surface area contributed by atoms with Crippen molar-refractivity contribution in [1.29, 1.82) is 0 Å². The van der Waals surface area contributed by atoms with Gasteiger partial charge in [0.2, 0.25) is 0 Å². The van der Waals surface area contributed by atoms with E-state index in [4.69, 9.17) is 29.2 Å². The van der Waals surface area contributed by atoms with Gasteiger partial charge in [-0.1, -0.05) is 42.5 Å².